The normalized spacial score (nSPS) is 17.3. The molecule has 0 bridgehead atoms. The van der Waals surface area contributed by atoms with E-state index in [4.69, 9.17) is 0 Å². The van der Waals surface area contributed by atoms with Crippen molar-refractivity contribution in [3.63, 3.8) is 0 Å². The van der Waals surface area contributed by atoms with Crippen LogP contribution in [0.2, 0.25) is 0 Å². The second-order valence-electron chi connectivity index (χ2n) is 8.26. The first-order chi connectivity index (χ1) is 14.8. The Hall–Kier alpha value is -3.17. The topological polar surface area (TPSA) is 32.3 Å². The molecule has 1 fully saturated rings. The Kier molecular flexibility index (Phi) is 5.20. The molecule has 1 atom stereocenters. The molecule has 0 aromatic heterocycles. The van der Waals surface area contributed by atoms with Gasteiger partial charge < -0.3 is 5.32 Å². The lowest BCUT2D eigenvalue weighted by Gasteiger charge is -2.32. The van der Waals surface area contributed by atoms with Gasteiger partial charge in [0.25, 0.3) is 0 Å². The molecule has 30 heavy (non-hydrogen) atoms. The van der Waals surface area contributed by atoms with Gasteiger partial charge in [-0.25, -0.2) is 0 Å². The number of benzene rings is 4. The average molecular weight is 395 g/mol. The number of rotatable bonds is 4. The van der Waals surface area contributed by atoms with Crippen molar-refractivity contribution >= 4 is 33.1 Å². The highest BCUT2D eigenvalue weighted by Gasteiger charge is 2.26. The van der Waals surface area contributed by atoms with E-state index in [0.717, 1.165) is 43.5 Å². The lowest BCUT2D eigenvalue weighted by Crippen LogP contribution is -2.40. The van der Waals surface area contributed by atoms with Gasteiger partial charge in [-0.1, -0.05) is 72.8 Å². The van der Waals surface area contributed by atoms with Crippen molar-refractivity contribution < 1.29 is 4.79 Å². The molecular weight excluding hydrogens is 368 g/mol. The number of fused-ring (bicyclic) bond motifs is 2. The van der Waals surface area contributed by atoms with E-state index in [0.29, 0.717) is 0 Å². The third-order valence-electron chi connectivity index (χ3n) is 6.17. The molecule has 5 rings (SSSR count). The fourth-order valence-corrected chi connectivity index (χ4v) is 4.60. The van der Waals surface area contributed by atoms with E-state index in [-0.39, 0.29) is 11.8 Å². The van der Waals surface area contributed by atoms with Gasteiger partial charge in [0.05, 0.1) is 5.92 Å². The first-order valence-corrected chi connectivity index (χ1v) is 10.7. The quantitative estimate of drug-likeness (QED) is 0.471. The molecule has 1 aliphatic heterocycles. The predicted octanol–water partition coefficient (Wildman–Crippen LogP) is 5.84. The molecule has 1 heterocycles. The van der Waals surface area contributed by atoms with Crippen LogP contribution in [0.5, 0.6) is 0 Å². The van der Waals surface area contributed by atoms with Crippen LogP contribution in [0.4, 0.5) is 5.69 Å². The number of nitrogens with zero attached hydrogens (tertiary/aromatic N) is 1. The summed E-state index contributed by atoms with van der Waals surface area (Å²) in [6, 6.07) is 29.4. The summed E-state index contributed by atoms with van der Waals surface area (Å²) in [6.07, 6.45) is 2.01. The van der Waals surface area contributed by atoms with E-state index in [1.807, 2.05) is 18.2 Å². The van der Waals surface area contributed by atoms with Crippen LogP contribution >= 0.6 is 0 Å². The maximum Gasteiger partial charge on any atom is 0.228 e. The summed E-state index contributed by atoms with van der Waals surface area (Å²) in [6.45, 7) is 2.74. The number of anilines is 1. The summed E-state index contributed by atoms with van der Waals surface area (Å²) >= 11 is 0. The van der Waals surface area contributed by atoms with Crippen LogP contribution in [-0.2, 0) is 11.3 Å². The maximum atomic E-state index is 13.0. The minimum atomic E-state index is 0.0280. The molecule has 4 aromatic rings. The highest BCUT2D eigenvalue weighted by atomic mass is 16.1. The number of hydrogen-bond acceptors (Lipinski definition) is 2. The first kappa shape index (κ1) is 18.8. The molecule has 0 spiro atoms. The van der Waals surface area contributed by atoms with Crippen LogP contribution in [0.15, 0.2) is 84.9 Å². The average Bonchev–Trinajstić information content (AvgIpc) is 2.79. The third-order valence-corrected chi connectivity index (χ3v) is 6.17. The lowest BCUT2D eigenvalue weighted by atomic mass is 9.95. The zero-order chi connectivity index (χ0) is 20.3. The van der Waals surface area contributed by atoms with Crippen LogP contribution < -0.4 is 5.32 Å². The smallest absolute Gasteiger partial charge is 0.228 e. The lowest BCUT2D eigenvalue weighted by molar-refractivity contribution is -0.121. The Morgan fingerprint density at radius 3 is 2.53 bits per heavy atom. The molecule has 150 valence electrons. The van der Waals surface area contributed by atoms with Gasteiger partial charge in [-0.05, 0) is 58.6 Å². The molecule has 1 saturated heterocycles. The van der Waals surface area contributed by atoms with Crippen molar-refractivity contribution in [1.29, 1.82) is 0 Å². The predicted molar refractivity (Wildman–Crippen MR) is 125 cm³/mol. The third kappa shape index (κ3) is 3.94. The number of likely N-dealkylation sites (tertiary alicyclic amines) is 1. The Labute approximate surface area is 177 Å². The minimum absolute atomic E-state index is 0.0280. The molecule has 3 heteroatoms. The van der Waals surface area contributed by atoms with E-state index in [9.17, 15) is 4.79 Å². The standard InChI is InChI=1S/C27H26N2O/c30-27(28-25-15-14-20-7-1-2-9-22(20)17-25)24-12-6-16-29(19-24)18-23-11-5-10-21-8-3-4-13-26(21)23/h1-5,7-11,13-15,17,24H,6,12,16,18-19H2,(H,28,30). The zero-order valence-electron chi connectivity index (χ0n) is 17.1. The van der Waals surface area contributed by atoms with E-state index in [1.165, 1.54) is 21.7 Å². The molecule has 1 N–H and O–H groups in total. The first-order valence-electron chi connectivity index (χ1n) is 10.7. The van der Waals surface area contributed by atoms with E-state index >= 15 is 0 Å². The Morgan fingerprint density at radius 2 is 1.63 bits per heavy atom. The fraction of sp³-hybridized carbons (Fsp3) is 0.222. The number of piperidine rings is 1. The van der Waals surface area contributed by atoms with Crippen LogP contribution in [-0.4, -0.2) is 23.9 Å². The molecule has 1 aliphatic rings. The maximum absolute atomic E-state index is 13.0. The molecule has 3 nitrogen and oxygen atoms in total. The molecule has 1 amide bonds. The van der Waals surface area contributed by atoms with Gasteiger partial charge in [0, 0.05) is 18.8 Å². The largest absolute Gasteiger partial charge is 0.326 e. The highest BCUT2D eigenvalue weighted by Crippen LogP contribution is 2.25. The minimum Gasteiger partial charge on any atom is -0.326 e. The second-order valence-corrected chi connectivity index (χ2v) is 8.26. The Balaban J connectivity index is 1.28. The van der Waals surface area contributed by atoms with Gasteiger partial charge in [-0.2, -0.15) is 0 Å². The van der Waals surface area contributed by atoms with Crippen molar-refractivity contribution in [3.05, 3.63) is 90.5 Å². The summed E-state index contributed by atoms with van der Waals surface area (Å²) in [7, 11) is 0. The van der Waals surface area contributed by atoms with E-state index in [2.05, 4.69) is 76.9 Å². The monoisotopic (exact) mass is 394 g/mol. The Morgan fingerprint density at radius 1 is 0.867 bits per heavy atom. The number of nitrogens with one attached hydrogen (secondary N) is 1. The van der Waals surface area contributed by atoms with Gasteiger partial charge >= 0.3 is 0 Å². The number of hydrogen-bond donors (Lipinski definition) is 1. The summed E-state index contributed by atoms with van der Waals surface area (Å²) in [5.74, 6) is 0.160. The van der Waals surface area contributed by atoms with Crippen molar-refractivity contribution in [2.75, 3.05) is 18.4 Å². The zero-order valence-corrected chi connectivity index (χ0v) is 17.1. The Bertz CT molecular complexity index is 1190. The van der Waals surface area contributed by atoms with Crippen molar-refractivity contribution in [3.8, 4) is 0 Å². The van der Waals surface area contributed by atoms with Crippen molar-refractivity contribution in [2.24, 2.45) is 5.92 Å². The van der Waals surface area contributed by atoms with Gasteiger partial charge in [0.1, 0.15) is 0 Å². The molecule has 0 radical (unpaired) electrons. The molecule has 1 unspecified atom stereocenters. The van der Waals surface area contributed by atoms with Crippen LogP contribution in [0.1, 0.15) is 18.4 Å². The van der Waals surface area contributed by atoms with E-state index in [1.54, 1.807) is 0 Å². The van der Waals surface area contributed by atoms with Crippen LogP contribution in [0.3, 0.4) is 0 Å². The van der Waals surface area contributed by atoms with Gasteiger partial charge in [-0.15, -0.1) is 0 Å². The molecule has 0 saturated carbocycles. The molecule has 0 aliphatic carbocycles. The van der Waals surface area contributed by atoms with Gasteiger partial charge in [0.15, 0.2) is 0 Å². The molecular formula is C27H26N2O. The summed E-state index contributed by atoms with van der Waals surface area (Å²) in [5.41, 5.74) is 2.22. The van der Waals surface area contributed by atoms with E-state index < -0.39 is 0 Å². The molecule has 4 aromatic carbocycles. The number of carbonyl (C=O) groups is 1. The van der Waals surface area contributed by atoms with Gasteiger partial charge in [0.2, 0.25) is 5.91 Å². The van der Waals surface area contributed by atoms with Crippen molar-refractivity contribution in [1.82, 2.24) is 4.90 Å². The summed E-state index contributed by atoms with van der Waals surface area (Å²) in [5, 5.41) is 8.07. The second kappa shape index (κ2) is 8.29. The summed E-state index contributed by atoms with van der Waals surface area (Å²) in [4.78, 5) is 15.4. The SMILES string of the molecule is O=C(Nc1ccc2ccccc2c1)C1CCCN(Cc2cccc3ccccc23)C1. The van der Waals surface area contributed by atoms with Crippen molar-refractivity contribution in [2.45, 2.75) is 19.4 Å². The fourth-order valence-electron chi connectivity index (χ4n) is 4.60. The number of carbonyl (C=O) groups excluding carboxylic acids is 1. The summed E-state index contributed by atoms with van der Waals surface area (Å²) < 4.78 is 0. The van der Waals surface area contributed by atoms with Gasteiger partial charge in [-0.3, -0.25) is 9.69 Å². The van der Waals surface area contributed by atoms with Crippen LogP contribution in [0.25, 0.3) is 21.5 Å². The number of amides is 1. The van der Waals surface area contributed by atoms with Crippen LogP contribution in [0, 0.1) is 5.92 Å². The highest BCUT2D eigenvalue weighted by molar-refractivity contribution is 5.95.